The Bertz CT molecular complexity index is 1660. The predicted octanol–water partition coefficient (Wildman–Crippen LogP) is 15.3. The zero-order chi connectivity index (χ0) is 69.7. The van der Waals surface area contributed by atoms with Crippen molar-refractivity contribution in [3.05, 3.63) is 0 Å². The van der Waals surface area contributed by atoms with E-state index in [2.05, 4.69) is 96.9 Å². The lowest BCUT2D eigenvalue weighted by Crippen LogP contribution is -2.24. The molecule has 0 heterocycles. The van der Waals surface area contributed by atoms with Crippen LogP contribution in [0.4, 0.5) is 0 Å². The summed E-state index contributed by atoms with van der Waals surface area (Å²) in [5.74, 6) is 11.2. The second kappa shape index (κ2) is 48.9. The molecule has 0 aromatic heterocycles. The normalized spacial score (nSPS) is 29.9. The molecule has 8 fully saturated rings. The lowest BCUT2D eigenvalue weighted by Gasteiger charge is -2.18. The van der Waals surface area contributed by atoms with Gasteiger partial charge in [-0.3, -0.25) is 0 Å². The van der Waals surface area contributed by atoms with Gasteiger partial charge in [0.1, 0.15) is 0 Å². The molecule has 18 heteroatoms. The Labute approximate surface area is 564 Å². The van der Waals surface area contributed by atoms with Crippen molar-refractivity contribution < 1.29 is 85.3 Å². The minimum atomic E-state index is -0.0784. The van der Waals surface area contributed by atoms with E-state index in [1.807, 2.05) is 41.5 Å². The summed E-state index contributed by atoms with van der Waals surface area (Å²) < 4.78 is 96.2. The summed E-state index contributed by atoms with van der Waals surface area (Å²) in [6.45, 7) is 51.9. The fourth-order valence-electron chi connectivity index (χ4n) is 11.9. The Morgan fingerprint density at radius 2 is 0.511 bits per heavy atom. The molecule has 0 bridgehead atoms. The topological polar surface area (TPSA) is 166 Å². The van der Waals surface area contributed by atoms with Crippen LogP contribution in [-0.4, -0.2) is 186 Å². The molecule has 18 nitrogen and oxygen atoms in total. The van der Waals surface area contributed by atoms with Gasteiger partial charge in [-0.1, -0.05) is 96.9 Å². The lowest BCUT2D eigenvalue weighted by atomic mass is 10.1. The van der Waals surface area contributed by atoms with Gasteiger partial charge in [-0.15, -0.1) is 0 Å². The quantitative estimate of drug-likeness (QED) is 0.0419. The van der Waals surface area contributed by atoms with Crippen LogP contribution >= 0.6 is 0 Å². The molecule has 0 radical (unpaired) electrons. The smallest absolute Gasteiger partial charge is 0.160 e. The minimum absolute atomic E-state index is 0.00926. The molecule has 14 atom stereocenters. The van der Waals surface area contributed by atoms with Crippen LogP contribution in [0.3, 0.4) is 0 Å². The van der Waals surface area contributed by atoms with Crippen molar-refractivity contribution in [2.24, 2.45) is 106 Å². The summed E-state index contributed by atoms with van der Waals surface area (Å²) in [6, 6.07) is 0. The minimum Gasteiger partial charge on any atom is -0.382 e. The summed E-state index contributed by atoms with van der Waals surface area (Å²) in [5, 5.41) is 0. The van der Waals surface area contributed by atoms with Crippen LogP contribution in [0.2, 0.25) is 0 Å². The molecule has 8 rings (SSSR count). The fourth-order valence-corrected chi connectivity index (χ4v) is 11.9. The van der Waals surface area contributed by atoms with Crippen LogP contribution < -0.4 is 0 Å². The van der Waals surface area contributed by atoms with Crippen molar-refractivity contribution in [1.29, 1.82) is 0 Å². The van der Waals surface area contributed by atoms with Gasteiger partial charge in [-0.05, 0) is 151 Å². The van der Waals surface area contributed by atoms with Gasteiger partial charge in [0.2, 0.25) is 0 Å². The zero-order valence-corrected chi connectivity index (χ0v) is 64.3. The highest BCUT2D eigenvalue weighted by molar-refractivity contribution is 4.98. The summed E-state index contributed by atoms with van der Waals surface area (Å²) >= 11 is 0. The first kappa shape index (κ1) is 89.3. The van der Waals surface area contributed by atoms with E-state index in [0.29, 0.717) is 84.6 Å². The molecule has 8 aliphatic rings. The Balaban J connectivity index is 0.000000528. The van der Waals surface area contributed by atoms with Crippen LogP contribution in [0.15, 0.2) is 0 Å². The van der Waals surface area contributed by atoms with Gasteiger partial charge < -0.3 is 85.3 Å². The van der Waals surface area contributed by atoms with E-state index in [0.717, 1.165) is 113 Å². The Kier molecular flexibility index (Phi) is 47.5. The molecular formula is C74H148O18. The van der Waals surface area contributed by atoms with Gasteiger partial charge in [0.05, 0.1) is 26.4 Å². The average Bonchev–Trinajstić information content (AvgIpc) is 1.72. The van der Waals surface area contributed by atoms with Gasteiger partial charge >= 0.3 is 0 Å². The summed E-state index contributed by atoms with van der Waals surface area (Å²) in [5.41, 5.74) is 0.881. The number of methoxy groups -OCH3 is 8. The molecular weight excluding hydrogens is 1180 g/mol. The number of ether oxygens (including phenoxy) is 18. The van der Waals surface area contributed by atoms with Crippen molar-refractivity contribution in [3.8, 4) is 0 Å². The molecule has 0 amide bonds. The fraction of sp³-hybridized carbons (Fsp3) is 1.00. The van der Waals surface area contributed by atoms with E-state index in [-0.39, 0.29) is 50.3 Å². The first-order valence-electron chi connectivity index (χ1n) is 36.1. The SMILES string of the molecule is CCCOC(OCCC)C1CC1C.CCOC(OCC)C1C(C)C1C.CCOC(OCC)C1CC1(C)C.CCOC(OCC)C1CC1C.COC(OC)C1C(C)C1C.COC(OC)C1CC1(C)C.COC(OC)C1CC1C.COCCOC(OCCOC)C1CC1C. The van der Waals surface area contributed by atoms with E-state index in [1.54, 1.807) is 56.9 Å². The van der Waals surface area contributed by atoms with Gasteiger partial charge in [-0.2, -0.15) is 0 Å². The molecule has 92 heavy (non-hydrogen) atoms. The van der Waals surface area contributed by atoms with Crippen molar-refractivity contribution >= 4 is 0 Å². The first-order chi connectivity index (χ1) is 43.8. The predicted molar refractivity (Wildman–Crippen MR) is 367 cm³/mol. The molecule has 552 valence electrons. The number of hydrogen-bond acceptors (Lipinski definition) is 18. The molecule has 8 saturated carbocycles. The summed E-state index contributed by atoms with van der Waals surface area (Å²) in [6.07, 6.45) is 9.83. The third kappa shape index (κ3) is 34.9. The summed E-state index contributed by atoms with van der Waals surface area (Å²) in [4.78, 5) is 0. The van der Waals surface area contributed by atoms with Crippen molar-refractivity contribution in [1.82, 2.24) is 0 Å². The van der Waals surface area contributed by atoms with Gasteiger partial charge in [0.15, 0.2) is 50.3 Å². The van der Waals surface area contributed by atoms with Crippen molar-refractivity contribution in [2.75, 3.05) is 136 Å². The maximum atomic E-state index is 5.67. The molecule has 0 spiro atoms. The number of hydrogen-bond donors (Lipinski definition) is 0. The largest absolute Gasteiger partial charge is 0.382 e. The van der Waals surface area contributed by atoms with Crippen LogP contribution in [-0.2, 0) is 85.3 Å². The van der Waals surface area contributed by atoms with E-state index >= 15 is 0 Å². The second-order valence-corrected chi connectivity index (χ2v) is 28.3. The van der Waals surface area contributed by atoms with E-state index < -0.39 is 0 Å². The van der Waals surface area contributed by atoms with Crippen LogP contribution in [0, 0.1) is 106 Å². The third-order valence-electron chi connectivity index (χ3n) is 19.8. The monoisotopic (exact) mass is 1330 g/mol. The standard InChI is InChI=1S/C11H22O4.C11H22O2.2C10H20O2.C9H18O2.2C8H16O2.C7H14O2/c1-9-8-10(9)11(14-6-4-12-2)15-7-5-13-3;1-4-6-12-11(13-7-5-2)10-8-9(10)3;1-5-11-9(12-6-2)8-7-10(8,3)4;1-5-11-10(12-6-2)9-7(3)8(9)4;1-4-10-9(11-5-2)8-6-7(8)3;1-8(2)5-6(8)7(9-3)10-4;1-5-6(2)7(5)8(9-3)10-4;1-5-4-6(5)7(8-2)9-3/h9-11H,4-8H2,1-3H3;9-11H,4-8H2,1-3H3;8-9H,5-7H2,1-4H3;7-10H,5-6H2,1-4H3;7-9H,4-6H2,1-3H3;6-7H,5H2,1-4H3;5-8H,1-4H3;5-7H,4H2,1-3H3. The van der Waals surface area contributed by atoms with Gasteiger partial charge in [0.25, 0.3) is 0 Å². The van der Waals surface area contributed by atoms with E-state index in [1.165, 1.54) is 38.5 Å². The van der Waals surface area contributed by atoms with Gasteiger partial charge in [0, 0.05) is 157 Å². The molecule has 0 aromatic carbocycles. The highest BCUT2D eigenvalue weighted by atomic mass is 16.7. The maximum Gasteiger partial charge on any atom is 0.160 e. The second-order valence-electron chi connectivity index (χ2n) is 28.3. The van der Waals surface area contributed by atoms with E-state index in [4.69, 9.17) is 85.3 Å². The highest BCUT2D eigenvalue weighted by Gasteiger charge is 2.53. The first-order valence-corrected chi connectivity index (χ1v) is 36.1. The molecule has 0 aliphatic heterocycles. The molecule has 0 saturated heterocycles. The van der Waals surface area contributed by atoms with Gasteiger partial charge in [-0.25, -0.2) is 0 Å². The van der Waals surface area contributed by atoms with Crippen molar-refractivity contribution in [3.63, 3.8) is 0 Å². The Morgan fingerprint density at radius 3 is 0.707 bits per heavy atom. The third-order valence-corrected chi connectivity index (χ3v) is 19.8. The molecule has 8 aliphatic carbocycles. The maximum absolute atomic E-state index is 5.67. The van der Waals surface area contributed by atoms with E-state index in [9.17, 15) is 0 Å². The molecule has 0 aromatic rings. The highest BCUT2D eigenvalue weighted by Crippen LogP contribution is 2.55. The van der Waals surface area contributed by atoms with Crippen LogP contribution in [0.1, 0.15) is 190 Å². The van der Waals surface area contributed by atoms with Crippen LogP contribution in [0.25, 0.3) is 0 Å². The van der Waals surface area contributed by atoms with Crippen LogP contribution in [0.5, 0.6) is 0 Å². The average molecular weight is 1330 g/mol. The molecule has 0 N–H and O–H groups in total. The summed E-state index contributed by atoms with van der Waals surface area (Å²) in [7, 11) is 13.5. The molecule has 14 unspecified atom stereocenters. The Morgan fingerprint density at radius 1 is 0.283 bits per heavy atom. The lowest BCUT2D eigenvalue weighted by molar-refractivity contribution is -0.167. The van der Waals surface area contributed by atoms with Crippen molar-refractivity contribution in [2.45, 2.75) is 240 Å². The Hall–Kier alpha value is -0.720. The zero-order valence-electron chi connectivity index (χ0n) is 64.3. The number of rotatable bonds is 40.